The molecule has 0 unspecified atom stereocenters. The van der Waals surface area contributed by atoms with E-state index in [-0.39, 0.29) is 28.3 Å². The first-order chi connectivity index (χ1) is 13.0. The van der Waals surface area contributed by atoms with Crippen molar-refractivity contribution in [2.45, 2.75) is 92.6 Å². The van der Waals surface area contributed by atoms with Crippen LogP contribution in [0.2, 0.25) is 0 Å². The van der Waals surface area contributed by atoms with Gasteiger partial charge in [-0.2, -0.15) is 0 Å². The highest BCUT2D eigenvalue weighted by Crippen LogP contribution is 2.71. The van der Waals surface area contributed by atoms with Crippen LogP contribution in [0.1, 0.15) is 86.5 Å². The standard InChI is InChI=1S/C25H38O3/c1-15-13-22-20-8-7-18-14-19(28-17(3)27)9-11-23(18,4)21(20)10-12-24(22,5)25(15,6)16(2)26/h7,15,19-22H,8-14H2,1-6H3/t15-,19-,20-,21+,22+,23-,24+,25+/m0/s1. The van der Waals surface area contributed by atoms with Crippen molar-refractivity contribution < 1.29 is 14.3 Å². The summed E-state index contributed by atoms with van der Waals surface area (Å²) in [6.07, 6.45) is 10.3. The van der Waals surface area contributed by atoms with Crippen molar-refractivity contribution in [2.24, 2.45) is 39.9 Å². The number of hydrogen-bond acceptors (Lipinski definition) is 3. The Morgan fingerprint density at radius 2 is 1.79 bits per heavy atom. The van der Waals surface area contributed by atoms with Gasteiger partial charge in [0.1, 0.15) is 11.9 Å². The van der Waals surface area contributed by atoms with Gasteiger partial charge in [-0.1, -0.05) is 39.3 Å². The summed E-state index contributed by atoms with van der Waals surface area (Å²) in [6.45, 7) is 12.8. The lowest BCUT2D eigenvalue weighted by atomic mass is 9.45. The number of esters is 1. The number of allylic oxidation sites excluding steroid dienone is 1. The van der Waals surface area contributed by atoms with Crippen LogP contribution < -0.4 is 0 Å². The van der Waals surface area contributed by atoms with Gasteiger partial charge in [0.25, 0.3) is 0 Å². The van der Waals surface area contributed by atoms with Gasteiger partial charge in [-0.15, -0.1) is 0 Å². The molecule has 0 spiro atoms. The molecule has 4 aliphatic rings. The van der Waals surface area contributed by atoms with E-state index in [9.17, 15) is 9.59 Å². The Morgan fingerprint density at radius 1 is 1.07 bits per heavy atom. The second kappa shape index (κ2) is 6.44. The molecule has 4 rings (SSSR count). The predicted octanol–water partition coefficient (Wildman–Crippen LogP) is 5.72. The van der Waals surface area contributed by atoms with E-state index >= 15 is 0 Å². The molecule has 0 saturated heterocycles. The van der Waals surface area contributed by atoms with Gasteiger partial charge in [0, 0.05) is 18.8 Å². The first-order valence-electron chi connectivity index (χ1n) is 11.4. The van der Waals surface area contributed by atoms with Crippen LogP contribution in [-0.2, 0) is 14.3 Å². The third-order valence-corrected chi connectivity index (χ3v) is 10.3. The topological polar surface area (TPSA) is 43.4 Å². The summed E-state index contributed by atoms with van der Waals surface area (Å²) in [5.41, 5.74) is 1.74. The zero-order chi connectivity index (χ0) is 20.5. The quantitative estimate of drug-likeness (QED) is 0.450. The first kappa shape index (κ1) is 20.2. The highest BCUT2D eigenvalue weighted by molar-refractivity contribution is 5.83. The van der Waals surface area contributed by atoms with Gasteiger partial charge < -0.3 is 4.74 Å². The fourth-order valence-electron chi connectivity index (χ4n) is 8.29. The summed E-state index contributed by atoms with van der Waals surface area (Å²) in [5.74, 6) is 2.77. The molecule has 0 aromatic rings. The van der Waals surface area contributed by atoms with E-state index < -0.39 is 0 Å². The van der Waals surface area contributed by atoms with Crippen LogP contribution in [0.5, 0.6) is 0 Å². The van der Waals surface area contributed by atoms with Crippen molar-refractivity contribution in [1.82, 2.24) is 0 Å². The van der Waals surface area contributed by atoms with Crippen molar-refractivity contribution >= 4 is 11.8 Å². The van der Waals surface area contributed by atoms with Gasteiger partial charge >= 0.3 is 5.97 Å². The minimum atomic E-state index is -0.180. The maximum atomic E-state index is 12.8. The second-order valence-corrected chi connectivity index (χ2v) is 11.1. The number of hydrogen-bond donors (Lipinski definition) is 0. The maximum Gasteiger partial charge on any atom is 0.302 e. The third-order valence-electron chi connectivity index (χ3n) is 10.3. The lowest BCUT2D eigenvalue weighted by molar-refractivity contribution is -0.150. The largest absolute Gasteiger partial charge is 0.462 e. The molecule has 3 fully saturated rings. The highest BCUT2D eigenvalue weighted by atomic mass is 16.5. The van der Waals surface area contributed by atoms with Crippen LogP contribution in [0.3, 0.4) is 0 Å². The first-order valence-corrected chi connectivity index (χ1v) is 11.4. The molecule has 0 aliphatic heterocycles. The molecule has 3 saturated carbocycles. The molecule has 0 bridgehead atoms. The van der Waals surface area contributed by atoms with Crippen LogP contribution in [-0.4, -0.2) is 17.9 Å². The van der Waals surface area contributed by atoms with Gasteiger partial charge in [0.2, 0.25) is 0 Å². The normalized spacial score (nSPS) is 50.1. The molecule has 156 valence electrons. The Kier molecular flexibility index (Phi) is 4.64. The molecule has 28 heavy (non-hydrogen) atoms. The Morgan fingerprint density at radius 3 is 2.43 bits per heavy atom. The molecule has 0 radical (unpaired) electrons. The summed E-state index contributed by atoms with van der Waals surface area (Å²) in [4.78, 5) is 24.2. The van der Waals surface area contributed by atoms with Crippen molar-refractivity contribution in [3.8, 4) is 0 Å². The average molecular weight is 387 g/mol. The molecular weight excluding hydrogens is 348 g/mol. The fourth-order valence-corrected chi connectivity index (χ4v) is 8.29. The number of carbonyl (C=O) groups excluding carboxylic acids is 2. The molecule has 3 nitrogen and oxygen atoms in total. The summed E-state index contributed by atoms with van der Waals surface area (Å²) in [7, 11) is 0. The maximum absolute atomic E-state index is 12.8. The fraction of sp³-hybridized carbons (Fsp3) is 0.840. The van der Waals surface area contributed by atoms with Gasteiger partial charge in [-0.3, -0.25) is 9.59 Å². The number of rotatable bonds is 2. The number of ketones is 1. The van der Waals surface area contributed by atoms with Crippen molar-refractivity contribution in [2.75, 3.05) is 0 Å². The van der Waals surface area contributed by atoms with Crippen LogP contribution in [0.25, 0.3) is 0 Å². The number of Topliss-reactive ketones (excluding diaryl/α,β-unsaturated/α-hetero) is 1. The molecule has 0 aromatic heterocycles. The average Bonchev–Trinajstić information content (AvgIpc) is 2.83. The Bertz CT molecular complexity index is 723. The van der Waals surface area contributed by atoms with E-state index in [0.29, 0.717) is 29.5 Å². The molecule has 3 heteroatoms. The Balaban J connectivity index is 1.64. The van der Waals surface area contributed by atoms with E-state index in [1.54, 1.807) is 0 Å². The Labute approximate surface area is 170 Å². The van der Waals surface area contributed by atoms with E-state index in [0.717, 1.165) is 25.7 Å². The monoisotopic (exact) mass is 386 g/mol. The molecule has 0 heterocycles. The molecule has 0 N–H and O–H groups in total. The molecule has 0 amide bonds. The van der Waals surface area contributed by atoms with E-state index in [1.165, 1.54) is 31.8 Å². The summed E-state index contributed by atoms with van der Waals surface area (Å²) in [5, 5.41) is 0. The summed E-state index contributed by atoms with van der Waals surface area (Å²) >= 11 is 0. The van der Waals surface area contributed by atoms with Gasteiger partial charge in [0.05, 0.1) is 0 Å². The van der Waals surface area contributed by atoms with E-state index in [4.69, 9.17) is 4.74 Å². The van der Waals surface area contributed by atoms with Crippen molar-refractivity contribution in [1.29, 1.82) is 0 Å². The zero-order valence-electron chi connectivity index (χ0n) is 18.6. The Hall–Kier alpha value is -1.12. The zero-order valence-corrected chi connectivity index (χ0v) is 18.6. The molecule has 4 aliphatic carbocycles. The van der Waals surface area contributed by atoms with Crippen molar-refractivity contribution in [3.05, 3.63) is 11.6 Å². The van der Waals surface area contributed by atoms with E-state index in [2.05, 4.69) is 33.8 Å². The number of carbonyl (C=O) groups is 2. The van der Waals surface area contributed by atoms with Crippen LogP contribution in [0, 0.1) is 39.9 Å². The van der Waals surface area contributed by atoms with Gasteiger partial charge in [-0.25, -0.2) is 0 Å². The smallest absolute Gasteiger partial charge is 0.302 e. The number of ether oxygens (including phenoxy) is 1. The minimum Gasteiger partial charge on any atom is -0.462 e. The highest BCUT2D eigenvalue weighted by Gasteiger charge is 2.66. The molecule has 8 atom stereocenters. The van der Waals surface area contributed by atoms with Gasteiger partial charge in [-0.05, 0) is 80.0 Å². The van der Waals surface area contributed by atoms with Gasteiger partial charge in [0.15, 0.2) is 0 Å². The minimum absolute atomic E-state index is 0.0646. The third kappa shape index (κ3) is 2.53. The number of fused-ring (bicyclic) bond motifs is 5. The second-order valence-electron chi connectivity index (χ2n) is 11.1. The lowest BCUT2D eigenvalue weighted by Gasteiger charge is -2.59. The van der Waals surface area contributed by atoms with Crippen LogP contribution >= 0.6 is 0 Å². The summed E-state index contributed by atoms with van der Waals surface area (Å²) < 4.78 is 5.56. The SMILES string of the molecule is CC(=O)O[C@H]1CC[C@@]2(C)C(=CC[C@H]3[C@H]2CC[C@]2(C)[C@@H]3C[C@H](C)[C@]2(C)C(C)=O)C1. The lowest BCUT2D eigenvalue weighted by Crippen LogP contribution is -2.53. The molecular formula is C25H38O3. The van der Waals surface area contributed by atoms with Crippen LogP contribution in [0.15, 0.2) is 11.6 Å². The van der Waals surface area contributed by atoms with Crippen molar-refractivity contribution in [3.63, 3.8) is 0 Å². The summed E-state index contributed by atoms with van der Waals surface area (Å²) in [6, 6.07) is 0. The van der Waals surface area contributed by atoms with E-state index in [1.807, 2.05) is 6.92 Å². The van der Waals surface area contributed by atoms with Crippen LogP contribution in [0.4, 0.5) is 0 Å². The predicted molar refractivity (Wildman–Crippen MR) is 111 cm³/mol. The molecule has 0 aromatic carbocycles.